The number of aliphatic hydroxyl groups is 1. The van der Waals surface area contributed by atoms with E-state index in [-0.39, 0.29) is 24.5 Å². The average Bonchev–Trinajstić information content (AvgIpc) is 3.14. The molecule has 0 unspecified atom stereocenters. The van der Waals surface area contributed by atoms with Crippen molar-refractivity contribution in [3.8, 4) is 0 Å². The molecule has 0 aliphatic heterocycles. The molecule has 9 heteroatoms. The zero-order valence-corrected chi connectivity index (χ0v) is 19.6. The summed E-state index contributed by atoms with van der Waals surface area (Å²) in [6.45, 7) is -0.0318. The maximum absolute atomic E-state index is 13.3. The Morgan fingerprint density at radius 1 is 1.06 bits per heavy atom. The van der Waals surface area contributed by atoms with Gasteiger partial charge < -0.3 is 14.6 Å². The summed E-state index contributed by atoms with van der Waals surface area (Å²) in [5, 5.41) is 10.5. The van der Waals surface area contributed by atoms with Crippen molar-refractivity contribution >= 4 is 21.9 Å². The molecule has 8 nitrogen and oxygen atoms in total. The minimum Gasteiger partial charge on any atom is -0.468 e. The first-order valence-electron chi connectivity index (χ1n) is 11.2. The minimum atomic E-state index is -4.02. The second-order valence-electron chi connectivity index (χ2n) is 8.76. The van der Waals surface area contributed by atoms with Crippen molar-refractivity contribution in [2.24, 2.45) is 17.3 Å². The van der Waals surface area contributed by atoms with Gasteiger partial charge in [0.2, 0.25) is 0 Å². The fourth-order valence-corrected chi connectivity index (χ4v) is 6.30. The summed E-state index contributed by atoms with van der Waals surface area (Å²) in [7, 11) is -2.82. The molecule has 2 saturated carbocycles. The van der Waals surface area contributed by atoms with E-state index in [1.807, 2.05) is 30.3 Å². The van der Waals surface area contributed by atoms with Crippen molar-refractivity contribution in [3.63, 3.8) is 0 Å². The van der Waals surface area contributed by atoms with Crippen LogP contribution < -0.4 is 0 Å². The van der Waals surface area contributed by atoms with Gasteiger partial charge in [0.25, 0.3) is 10.1 Å². The molecule has 2 aromatic rings. The van der Waals surface area contributed by atoms with Gasteiger partial charge in [-0.1, -0.05) is 48.5 Å². The Hall–Kier alpha value is -2.59. The molecule has 4 rings (SSSR count). The normalized spacial score (nSPS) is 28.9. The van der Waals surface area contributed by atoms with Crippen LogP contribution in [0.25, 0.3) is 0 Å². The molecule has 2 fully saturated rings. The smallest absolute Gasteiger partial charge is 0.322 e. The van der Waals surface area contributed by atoms with Crippen LogP contribution in [-0.2, 0) is 40.0 Å². The molecule has 0 aromatic heterocycles. The highest BCUT2D eigenvalue weighted by molar-refractivity contribution is 7.86. The number of hydrogen-bond acceptors (Lipinski definition) is 8. The zero-order chi connectivity index (χ0) is 24.3. The number of hydrogen-bond donors (Lipinski definition) is 1. The van der Waals surface area contributed by atoms with Crippen molar-refractivity contribution in [1.82, 2.24) is 0 Å². The average molecular weight is 489 g/mol. The summed E-state index contributed by atoms with van der Waals surface area (Å²) in [6.07, 6.45) is -1.38. The number of ketones is 1. The van der Waals surface area contributed by atoms with Crippen molar-refractivity contribution in [2.75, 3.05) is 13.7 Å². The molecule has 0 amide bonds. The summed E-state index contributed by atoms with van der Waals surface area (Å²) in [4.78, 5) is 26.4. The van der Waals surface area contributed by atoms with E-state index in [1.54, 1.807) is 18.2 Å². The van der Waals surface area contributed by atoms with E-state index in [2.05, 4.69) is 0 Å². The standard InChI is InChI=1S/C25H28O8S/c1-31-24(28)25-20(14-21(26)23(25)27)18(16-33-34(29,30)19-10-6-3-7-11-19)12-13-22(25)32-15-17-8-4-2-5-9-17/h2-11,18,20-22,26H,12-16H2,1H3/t18-,20+,21-,22-,25-/m1/s1. The topological polar surface area (TPSA) is 116 Å². The molecular formula is C25H28O8S. The predicted octanol–water partition coefficient (Wildman–Crippen LogP) is 2.50. The molecule has 0 bridgehead atoms. The Morgan fingerprint density at radius 2 is 1.71 bits per heavy atom. The molecule has 2 aromatic carbocycles. The summed E-state index contributed by atoms with van der Waals surface area (Å²) < 4.78 is 41.8. The van der Waals surface area contributed by atoms with Gasteiger partial charge in [-0.05, 0) is 48.8 Å². The second-order valence-corrected chi connectivity index (χ2v) is 10.4. The number of aliphatic hydroxyl groups excluding tert-OH is 1. The number of carbonyl (C=O) groups is 2. The van der Waals surface area contributed by atoms with Crippen molar-refractivity contribution in [3.05, 3.63) is 66.2 Å². The van der Waals surface area contributed by atoms with Crippen LogP contribution in [0.3, 0.4) is 0 Å². The van der Waals surface area contributed by atoms with Crippen LogP contribution in [-0.4, -0.2) is 51.2 Å². The van der Waals surface area contributed by atoms with Gasteiger partial charge in [-0.15, -0.1) is 0 Å². The Bertz CT molecular complexity index is 1120. The van der Waals surface area contributed by atoms with E-state index in [9.17, 15) is 23.1 Å². The van der Waals surface area contributed by atoms with Crippen LogP contribution in [0.1, 0.15) is 24.8 Å². The van der Waals surface area contributed by atoms with E-state index in [1.165, 1.54) is 19.2 Å². The number of esters is 1. The number of rotatable bonds is 8. The SMILES string of the molecule is COC(=O)[C@]12C(=O)[C@H](O)C[C@H]1[C@@H](COS(=O)(=O)c1ccccc1)CC[C@H]2OCc1ccccc1. The second kappa shape index (κ2) is 9.95. The van der Waals surface area contributed by atoms with Gasteiger partial charge in [0.15, 0.2) is 11.2 Å². The van der Waals surface area contributed by atoms with Gasteiger partial charge in [0, 0.05) is 0 Å². The number of methoxy groups -OCH3 is 1. The molecule has 34 heavy (non-hydrogen) atoms. The molecule has 0 spiro atoms. The zero-order valence-electron chi connectivity index (χ0n) is 18.8. The van der Waals surface area contributed by atoms with E-state index in [4.69, 9.17) is 13.7 Å². The monoisotopic (exact) mass is 488 g/mol. The van der Waals surface area contributed by atoms with Gasteiger partial charge in [0.1, 0.15) is 6.10 Å². The van der Waals surface area contributed by atoms with Gasteiger partial charge in [-0.3, -0.25) is 13.8 Å². The highest BCUT2D eigenvalue weighted by Crippen LogP contribution is 2.55. The lowest BCUT2D eigenvalue weighted by atomic mass is 9.61. The summed E-state index contributed by atoms with van der Waals surface area (Å²) >= 11 is 0. The third-order valence-corrected chi connectivity index (χ3v) is 8.23. The number of ether oxygens (including phenoxy) is 2. The lowest BCUT2D eigenvalue weighted by Gasteiger charge is -2.45. The first-order valence-corrected chi connectivity index (χ1v) is 12.6. The fraction of sp³-hybridized carbons (Fsp3) is 0.440. The first-order chi connectivity index (χ1) is 16.3. The van der Waals surface area contributed by atoms with Crippen molar-refractivity contribution < 1.29 is 36.8 Å². The Morgan fingerprint density at radius 3 is 2.35 bits per heavy atom. The van der Waals surface area contributed by atoms with Gasteiger partial charge in [0.05, 0.1) is 31.3 Å². The fourth-order valence-electron chi connectivity index (χ4n) is 5.32. The van der Waals surface area contributed by atoms with E-state index >= 15 is 0 Å². The Kier molecular flexibility index (Phi) is 7.18. The quantitative estimate of drug-likeness (QED) is 0.342. The molecule has 1 N–H and O–H groups in total. The summed E-state index contributed by atoms with van der Waals surface area (Å²) in [6, 6.07) is 17.1. The lowest BCUT2D eigenvalue weighted by molar-refractivity contribution is -0.183. The maximum atomic E-state index is 13.3. The third-order valence-electron chi connectivity index (χ3n) is 6.94. The van der Waals surface area contributed by atoms with Crippen LogP contribution >= 0.6 is 0 Å². The number of Topliss-reactive ketones (excluding diaryl/α,β-unsaturated/α-hetero) is 1. The van der Waals surface area contributed by atoms with E-state index in [0.717, 1.165) is 5.56 Å². The lowest BCUT2D eigenvalue weighted by Crippen LogP contribution is -2.57. The van der Waals surface area contributed by atoms with E-state index in [0.29, 0.717) is 12.8 Å². The molecule has 182 valence electrons. The van der Waals surface area contributed by atoms with Gasteiger partial charge >= 0.3 is 5.97 Å². The minimum absolute atomic E-state index is 0.0124. The molecule has 2 aliphatic carbocycles. The molecule has 5 atom stereocenters. The highest BCUT2D eigenvalue weighted by atomic mass is 32.2. The third kappa shape index (κ3) is 4.40. The number of benzene rings is 2. The highest BCUT2D eigenvalue weighted by Gasteiger charge is 2.68. The summed E-state index contributed by atoms with van der Waals surface area (Å²) in [5.41, 5.74) is -0.837. The van der Waals surface area contributed by atoms with Gasteiger partial charge in [-0.25, -0.2) is 0 Å². The van der Waals surface area contributed by atoms with Gasteiger partial charge in [-0.2, -0.15) is 8.42 Å². The Balaban J connectivity index is 1.59. The molecule has 0 heterocycles. The molecule has 2 aliphatic rings. The molecule has 0 radical (unpaired) electrons. The van der Waals surface area contributed by atoms with Crippen LogP contribution in [0.4, 0.5) is 0 Å². The summed E-state index contributed by atoms with van der Waals surface area (Å²) in [5.74, 6) is -2.55. The van der Waals surface area contributed by atoms with Crippen LogP contribution in [0, 0.1) is 17.3 Å². The predicted molar refractivity (Wildman–Crippen MR) is 121 cm³/mol. The Labute approximate surface area is 199 Å². The number of carbonyl (C=O) groups excluding carboxylic acids is 2. The van der Waals surface area contributed by atoms with E-state index < -0.39 is 51.3 Å². The van der Waals surface area contributed by atoms with Crippen LogP contribution in [0.15, 0.2) is 65.6 Å². The maximum Gasteiger partial charge on any atom is 0.322 e. The number of fused-ring (bicyclic) bond motifs is 1. The van der Waals surface area contributed by atoms with Crippen LogP contribution in [0.2, 0.25) is 0 Å². The van der Waals surface area contributed by atoms with Crippen LogP contribution in [0.5, 0.6) is 0 Å². The first kappa shape index (κ1) is 24.5. The molecular weight excluding hydrogens is 460 g/mol. The van der Waals surface area contributed by atoms with Crippen molar-refractivity contribution in [1.29, 1.82) is 0 Å². The molecule has 0 saturated heterocycles. The largest absolute Gasteiger partial charge is 0.468 e. The van der Waals surface area contributed by atoms with Crippen molar-refractivity contribution in [2.45, 2.75) is 43.0 Å².